The van der Waals surface area contributed by atoms with Crippen LogP contribution in [0.4, 0.5) is 5.69 Å². The summed E-state index contributed by atoms with van der Waals surface area (Å²) in [5.41, 5.74) is 6.69. The molecule has 7 heteroatoms. The van der Waals surface area contributed by atoms with E-state index in [2.05, 4.69) is 20.7 Å². The van der Waals surface area contributed by atoms with E-state index in [1.165, 1.54) is 18.2 Å². The molecule has 2 aromatic carbocycles. The molecule has 2 rings (SSSR count). The number of nitrogen functional groups attached to an aromatic ring is 1. The Kier molecular flexibility index (Phi) is 4.70. The summed E-state index contributed by atoms with van der Waals surface area (Å²) in [5, 5.41) is 0.328. The zero-order valence-electron chi connectivity index (χ0n) is 10.3. The van der Waals surface area contributed by atoms with Crippen molar-refractivity contribution in [2.45, 2.75) is 11.4 Å². The minimum absolute atomic E-state index is 0.0893. The Hall–Kier alpha value is -1.08. The Morgan fingerprint density at radius 1 is 1.20 bits per heavy atom. The minimum atomic E-state index is -3.62. The average molecular weight is 376 g/mol. The van der Waals surface area contributed by atoms with E-state index in [1.807, 2.05) is 24.3 Å². The van der Waals surface area contributed by atoms with E-state index in [1.54, 1.807) is 0 Å². The van der Waals surface area contributed by atoms with Gasteiger partial charge in [0.05, 0.1) is 15.6 Å². The SMILES string of the molecule is Nc1cc(S(=O)(=O)NCc2ccccc2Br)ccc1Cl. The van der Waals surface area contributed by atoms with E-state index in [0.29, 0.717) is 5.02 Å². The number of hydrogen-bond acceptors (Lipinski definition) is 3. The van der Waals surface area contributed by atoms with Gasteiger partial charge in [0, 0.05) is 11.0 Å². The highest BCUT2D eigenvalue weighted by Crippen LogP contribution is 2.22. The predicted octanol–water partition coefficient (Wildman–Crippen LogP) is 3.16. The van der Waals surface area contributed by atoms with Crippen LogP contribution in [-0.2, 0) is 16.6 Å². The third-order valence-electron chi connectivity index (χ3n) is 2.69. The molecule has 0 bridgehead atoms. The fourth-order valence-electron chi connectivity index (χ4n) is 1.59. The van der Waals surface area contributed by atoms with E-state index in [9.17, 15) is 8.42 Å². The topological polar surface area (TPSA) is 72.2 Å². The maximum Gasteiger partial charge on any atom is 0.240 e. The smallest absolute Gasteiger partial charge is 0.240 e. The molecule has 0 radical (unpaired) electrons. The molecule has 0 heterocycles. The van der Waals surface area contributed by atoms with Crippen LogP contribution in [0.25, 0.3) is 0 Å². The van der Waals surface area contributed by atoms with Gasteiger partial charge in [-0.3, -0.25) is 0 Å². The average Bonchev–Trinajstić information content (AvgIpc) is 2.41. The van der Waals surface area contributed by atoms with Gasteiger partial charge in [-0.2, -0.15) is 0 Å². The van der Waals surface area contributed by atoms with Crippen LogP contribution >= 0.6 is 27.5 Å². The van der Waals surface area contributed by atoms with Crippen LogP contribution in [0.2, 0.25) is 5.02 Å². The number of sulfonamides is 1. The van der Waals surface area contributed by atoms with E-state index >= 15 is 0 Å². The van der Waals surface area contributed by atoms with Crippen LogP contribution in [0.15, 0.2) is 51.8 Å². The second-order valence-corrected chi connectivity index (χ2v) is 7.13. The Bertz CT molecular complexity index is 735. The van der Waals surface area contributed by atoms with E-state index < -0.39 is 10.0 Å². The number of rotatable bonds is 4. The first kappa shape index (κ1) is 15.3. The van der Waals surface area contributed by atoms with Gasteiger partial charge in [-0.1, -0.05) is 45.7 Å². The Labute approximate surface area is 131 Å². The number of nitrogens with two attached hydrogens (primary N) is 1. The normalized spacial score (nSPS) is 11.5. The van der Waals surface area contributed by atoms with Crippen LogP contribution in [0, 0.1) is 0 Å². The van der Waals surface area contributed by atoms with Crippen molar-refractivity contribution in [2.24, 2.45) is 0 Å². The lowest BCUT2D eigenvalue weighted by atomic mass is 10.2. The van der Waals surface area contributed by atoms with Crippen LogP contribution in [0.5, 0.6) is 0 Å². The van der Waals surface area contributed by atoms with Gasteiger partial charge >= 0.3 is 0 Å². The summed E-state index contributed by atoms with van der Waals surface area (Å²) in [6, 6.07) is 11.6. The molecule has 0 unspecified atom stereocenters. The molecule has 0 aliphatic rings. The Morgan fingerprint density at radius 3 is 2.55 bits per heavy atom. The molecule has 3 N–H and O–H groups in total. The highest BCUT2D eigenvalue weighted by molar-refractivity contribution is 9.10. The lowest BCUT2D eigenvalue weighted by Gasteiger charge is -2.09. The van der Waals surface area contributed by atoms with Crippen molar-refractivity contribution in [2.75, 3.05) is 5.73 Å². The van der Waals surface area contributed by atoms with Gasteiger partial charge in [0.25, 0.3) is 0 Å². The largest absolute Gasteiger partial charge is 0.397 e. The van der Waals surface area contributed by atoms with Crippen molar-refractivity contribution < 1.29 is 8.42 Å². The van der Waals surface area contributed by atoms with Gasteiger partial charge in [0.1, 0.15) is 0 Å². The molecule has 0 spiro atoms. The fraction of sp³-hybridized carbons (Fsp3) is 0.0769. The quantitative estimate of drug-likeness (QED) is 0.806. The summed E-state index contributed by atoms with van der Waals surface area (Å²) in [5.74, 6) is 0. The molecule has 0 saturated heterocycles. The van der Waals surface area contributed by atoms with Crippen LogP contribution in [-0.4, -0.2) is 8.42 Å². The summed E-state index contributed by atoms with van der Waals surface area (Å²) in [6.07, 6.45) is 0. The van der Waals surface area contributed by atoms with Gasteiger partial charge in [0.15, 0.2) is 0 Å². The maximum absolute atomic E-state index is 12.2. The molecule has 0 fully saturated rings. The minimum Gasteiger partial charge on any atom is -0.397 e. The van der Waals surface area contributed by atoms with E-state index in [0.717, 1.165) is 10.0 Å². The molecular weight excluding hydrogens is 364 g/mol. The third kappa shape index (κ3) is 3.52. The second-order valence-electron chi connectivity index (χ2n) is 4.10. The molecule has 0 atom stereocenters. The van der Waals surface area contributed by atoms with Crippen LogP contribution in [0.3, 0.4) is 0 Å². The first-order valence-corrected chi connectivity index (χ1v) is 8.33. The number of benzene rings is 2. The molecule has 0 saturated carbocycles. The van der Waals surface area contributed by atoms with Gasteiger partial charge < -0.3 is 5.73 Å². The van der Waals surface area contributed by atoms with Crippen molar-refractivity contribution >= 4 is 43.2 Å². The monoisotopic (exact) mass is 374 g/mol. The fourth-order valence-corrected chi connectivity index (χ4v) is 3.17. The molecule has 4 nitrogen and oxygen atoms in total. The second kappa shape index (κ2) is 6.13. The van der Waals surface area contributed by atoms with Crippen molar-refractivity contribution in [1.29, 1.82) is 0 Å². The molecular formula is C13H12BrClN2O2S. The lowest BCUT2D eigenvalue weighted by Crippen LogP contribution is -2.23. The lowest BCUT2D eigenvalue weighted by molar-refractivity contribution is 0.581. The van der Waals surface area contributed by atoms with Crippen molar-refractivity contribution in [1.82, 2.24) is 4.72 Å². The van der Waals surface area contributed by atoms with E-state index in [-0.39, 0.29) is 17.1 Å². The van der Waals surface area contributed by atoms with Crippen molar-refractivity contribution in [3.8, 4) is 0 Å². The summed E-state index contributed by atoms with van der Waals surface area (Å²) in [6.45, 7) is 0.187. The highest BCUT2D eigenvalue weighted by Gasteiger charge is 2.15. The molecule has 0 amide bonds. The number of halogens is 2. The third-order valence-corrected chi connectivity index (χ3v) is 5.20. The predicted molar refractivity (Wildman–Crippen MR) is 84.0 cm³/mol. The van der Waals surface area contributed by atoms with Gasteiger partial charge in [-0.15, -0.1) is 0 Å². The molecule has 2 aromatic rings. The summed E-state index contributed by atoms with van der Waals surface area (Å²) >= 11 is 9.15. The standard InChI is InChI=1S/C13H12BrClN2O2S/c14-11-4-2-1-3-9(11)8-17-20(18,19)10-5-6-12(15)13(16)7-10/h1-7,17H,8,16H2. The summed E-state index contributed by atoms with van der Waals surface area (Å²) in [4.78, 5) is 0.0893. The van der Waals surface area contributed by atoms with Gasteiger partial charge in [0.2, 0.25) is 10.0 Å². The van der Waals surface area contributed by atoms with Gasteiger partial charge in [-0.25, -0.2) is 13.1 Å². The van der Waals surface area contributed by atoms with E-state index in [4.69, 9.17) is 17.3 Å². The highest BCUT2D eigenvalue weighted by atomic mass is 79.9. The number of hydrogen-bond donors (Lipinski definition) is 2. The zero-order chi connectivity index (χ0) is 14.8. The summed E-state index contributed by atoms with van der Waals surface area (Å²) < 4.78 is 27.7. The Balaban J connectivity index is 2.19. The molecule has 0 aromatic heterocycles. The molecule has 0 aliphatic carbocycles. The first-order chi connectivity index (χ1) is 9.40. The maximum atomic E-state index is 12.2. The number of nitrogens with one attached hydrogen (secondary N) is 1. The molecule has 0 aliphatic heterocycles. The number of anilines is 1. The molecule has 20 heavy (non-hydrogen) atoms. The van der Waals surface area contributed by atoms with Crippen LogP contribution < -0.4 is 10.5 Å². The first-order valence-electron chi connectivity index (χ1n) is 5.68. The van der Waals surface area contributed by atoms with Crippen molar-refractivity contribution in [3.63, 3.8) is 0 Å². The van der Waals surface area contributed by atoms with Gasteiger partial charge in [-0.05, 0) is 29.8 Å². The van der Waals surface area contributed by atoms with Crippen molar-refractivity contribution in [3.05, 3.63) is 57.5 Å². The summed E-state index contributed by atoms with van der Waals surface area (Å²) in [7, 11) is -3.62. The zero-order valence-corrected chi connectivity index (χ0v) is 13.5. The molecule has 106 valence electrons. The van der Waals surface area contributed by atoms with Crippen LogP contribution in [0.1, 0.15) is 5.56 Å². The Morgan fingerprint density at radius 2 is 1.90 bits per heavy atom.